The van der Waals surface area contributed by atoms with Gasteiger partial charge in [0.05, 0.1) is 5.69 Å². The van der Waals surface area contributed by atoms with Gasteiger partial charge in [0, 0.05) is 5.56 Å². The second-order valence-electron chi connectivity index (χ2n) is 5.18. The van der Waals surface area contributed by atoms with E-state index in [1.54, 1.807) is 6.92 Å². The van der Waals surface area contributed by atoms with Crippen molar-refractivity contribution in [3.63, 3.8) is 0 Å². The summed E-state index contributed by atoms with van der Waals surface area (Å²) in [7, 11) is 0. The molecule has 1 amide bonds. The van der Waals surface area contributed by atoms with Crippen LogP contribution < -0.4 is 5.32 Å². The number of benzene rings is 1. The minimum atomic E-state index is -1.32. The van der Waals surface area contributed by atoms with Crippen LogP contribution in [0.4, 0.5) is 0 Å². The van der Waals surface area contributed by atoms with E-state index in [2.05, 4.69) is 10.3 Å². The highest BCUT2D eigenvalue weighted by Crippen LogP contribution is 2.27. The fraction of sp³-hybridized carbons (Fsp3) is 0.267. The molecule has 21 heavy (non-hydrogen) atoms. The van der Waals surface area contributed by atoms with E-state index < -0.39 is 17.4 Å². The van der Waals surface area contributed by atoms with E-state index in [0.29, 0.717) is 10.6 Å². The number of aromatic nitrogens is 1. The van der Waals surface area contributed by atoms with E-state index in [-0.39, 0.29) is 0 Å². The molecule has 1 aromatic heterocycles. The van der Waals surface area contributed by atoms with Gasteiger partial charge in [0.2, 0.25) is 0 Å². The molecule has 0 spiro atoms. The molecule has 0 radical (unpaired) electrons. The average molecular weight is 304 g/mol. The zero-order chi connectivity index (χ0) is 15.6. The lowest BCUT2D eigenvalue weighted by Gasteiger charge is -2.20. The first-order chi connectivity index (χ1) is 9.81. The van der Waals surface area contributed by atoms with Gasteiger partial charge in [-0.25, -0.2) is 9.78 Å². The molecule has 2 aromatic rings. The predicted molar refractivity (Wildman–Crippen MR) is 81.5 cm³/mol. The zero-order valence-corrected chi connectivity index (χ0v) is 12.8. The molecule has 110 valence electrons. The van der Waals surface area contributed by atoms with Crippen LogP contribution in [0.2, 0.25) is 0 Å². The lowest BCUT2D eigenvalue weighted by atomic mass is 10.1. The Labute approximate surface area is 126 Å². The third kappa shape index (κ3) is 3.28. The van der Waals surface area contributed by atoms with Crippen LogP contribution in [0.5, 0.6) is 0 Å². The van der Waals surface area contributed by atoms with Gasteiger partial charge in [-0.15, -0.1) is 11.3 Å². The number of hydrogen-bond acceptors (Lipinski definition) is 4. The smallest absolute Gasteiger partial charge is 0.328 e. The second-order valence-corrected chi connectivity index (χ2v) is 6.18. The van der Waals surface area contributed by atoms with Gasteiger partial charge in [-0.1, -0.05) is 30.3 Å². The summed E-state index contributed by atoms with van der Waals surface area (Å²) in [6.07, 6.45) is 0. The molecule has 0 aliphatic carbocycles. The van der Waals surface area contributed by atoms with Crippen LogP contribution in [0.25, 0.3) is 10.6 Å². The van der Waals surface area contributed by atoms with Crippen molar-refractivity contribution in [1.82, 2.24) is 10.3 Å². The highest BCUT2D eigenvalue weighted by atomic mass is 32.1. The second kappa shape index (κ2) is 5.65. The maximum atomic E-state index is 12.2. The third-order valence-electron chi connectivity index (χ3n) is 2.98. The number of thiazole rings is 1. The highest BCUT2D eigenvalue weighted by molar-refractivity contribution is 7.17. The number of carbonyl (C=O) groups excluding carboxylic acids is 1. The Morgan fingerprint density at radius 1 is 1.24 bits per heavy atom. The fourth-order valence-corrected chi connectivity index (χ4v) is 2.67. The van der Waals surface area contributed by atoms with Gasteiger partial charge in [0.15, 0.2) is 0 Å². The molecule has 0 fully saturated rings. The van der Waals surface area contributed by atoms with Crippen LogP contribution in [0.1, 0.15) is 29.2 Å². The lowest BCUT2D eigenvalue weighted by Crippen LogP contribution is -2.49. The number of hydrogen-bond donors (Lipinski definition) is 2. The Bertz CT molecular complexity index is 677. The first kappa shape index (κ1) is 15.2. The molecule has 0 bridgehead atoms. The van der Waals surface area contributed by atoms with Crippen molar-refractivity contribution in [3.05, 3.63) is 40.9 Å². The number of aryl methyl sites for hydroxylation is 1. The summed E-state index contributed by atoms with van der Waals surface area (Å²) in [5.74, 6) is -1.50. The Morgan fingerprint density at radius 3 is 2.43 bits per heavy atom. The van der Waals surface area contributed by atoms with E-state index in [4.69, 9.17) is 5.11 Å². The average Bonchev–Trinajstić information content (AvgIpc) is 2.81. The molecular weight excluding hydrogens is 288 g/mol. The van der Waals surface area contributed by atoms with Gasteiger partial charge in [0.1, 0.15) is 15.4 Å². The normalized spacial score (nSPS) is 11.2. The van der Waals surface area contributed by atoms with Gasteiger partial charge in [-0.05, 0) is 20.8 Å². The molecule has 5 nitrogen and oxygen atoms in total. The minimum absolute atomic E-state index is 0.417. The summed E-state index contributed by atoms with van der Waals surface area (Å²) in [5, 5.41) is 12.3. The number of aliphatic carboxylic acids is 1. The Hall–Kier alpha value is -2.21. The van der Waals surface area contributed by atoms with Crippen molar-refractivity contribution in [2.24, 2.45) is 0 Å². The summed E-state index contributed by atoms with van der Waals surface area (Å²) >= 11 is 1.26. The summed E-state index contributed by atoms with van der Waals surface area (Å²) < 4.78 is 0. The van der Waals surface area contributed by atoms with Crippen molar-refractivity contribution < 1.29 is 14.7 Å². The predicted octanol–water partition coefficient (Wildman–Crippen LogP) is 2.71. The van der Waals surface area contributed by atoms with Gasteiger partial charge in [-0.3, -0.25) is 4.79 Å². The van der Waals surface area contributed by atoms with Crippen LogP contribution in [-0.2, 0) is 4.79 Å². The number of amides is 1. The van der Waals surface area contributed by atoms with Crippen molar-refractivity contribution in [2.45, 2.75) is 26.3 Å². The molecule has 2 rings (SSSR count). The van der Waals surface area contributed by atoms with Crippen molar-refractivity contribution in [3.8, 4) is 10.6 Å². The maximum absolute atomic E-state index is 12.2. The third-order valence-corrected chi connectivity index (χ3v) is 4.19. The van der Waals surface area contributed by atoms with Gasteiger partial charge in [-0.2, -0.15) is 0 Å². The Kier molecular flexibility index (Phi) is 4.09. The van der Waals surface area contributed by atoms with E-state index >= 15 is 0 Å². The monoisotopic (exact) mass is 304 g/mol. The molecular formula is C15H16N2O3S. The van der Waals surface area contributed by atoms with Crippen LogP contribution in [0.15, 0.2) is 30.3 Å². The summed E-state index contributed by atoms with van der Waals surface area (Å²) in [6, 6.07) is 9.55. The Morgan fingerprint density at radius 2 is 1.86 bits per heavy atom. The van der Waals surface area contributed by atoms with Crippen LogP contribution >= 0.6 is 11.3 Å². The molecule has 0 aliphatic rings. The largest absolute Gasteiger partial charge is 0.480 e. The quantitative estimate of drug-likeness (QED) is 0.910. The molecule has 0 atom stereocenters. The number of nitrogens with one attached hydrogen (secondary N) is 1. The molecule has 0 saturated carbocycles. The molecule has 0 saturated heterocycles. The van der Waals surface area contributed by atoms with Gasteiger partial charge >= 0.3 is 5.97 Å². The van der Waals surface area contributed by atoms with E-state index in [9.17, 15) is 9.59 Å². The Balaban J connectivity index is 2.28. The molecule has 0 unspecified atom stereocenters. The van der Waals surface area contributed by atoms with Crippen LogP contribution in [-0.4, -0.2) is 27.5 Å². The number of carboxylic acids is 1. The molecule has 1 aromatic carbocycles. The number of carboxylic acid groups (broad SMARTS) is 1. The molecule has 0 aliphatic heterocycles. The summed E-state index contributed by atoms with van der Waals surface area (Å²) in [4.78, 5) is 28.1. The first-order valence-electron chi connectivity index (χ1n) is 6.40. The molecule has 2 N–H and O–H groups in total. The van der Waals surface area contributed by atoms with E-state index in [1.165, 1.54) is 25.2 Å². The number of nitrogens with zero attached hydrogens (tertiary/aromatic N) is 1. The number of carbonyl (C=O) groups is 2. The summed E-state index contributed by atoms with van der Waals surface area (Å²) in [5.41, 5.74) is 0.208. The van der Waals surface area contributed by atoms with Crippen LogP contribution in [0.3, 0.4) is 0 Å². The van der Waals surface area contributed by atoms with Gasteiger partial charge in [0.25, 0.3) is 5.91 Å². The SMILES string of the molecule is Cc1nc(-c2ccccc2)sc1C(=O)NC(C)(C)C(=O)O. The maximum Gasteiger partial charge on any atom is 0.328 e. The van der Waals surface area contributed by atoms with Gasteiger partial charge < -0.3 is 10.4 Å². The van der Waals surface area contributed by atoms with Crippen LogP contribution in [0, 0.1) is 6.92 Å². The van der Waals surface area contributed by atoms with Crippen molar-refractivity contribution in [2.75, 3.05) is 0 Å². The van der Waals surface area contributed by atoms with E-state index in [1.807, 2.05) is 30.3 Å². The van der Waals surface area contributed by atoms with E-state index in [0.717, 1.165) is 10.6 Å². The topological polar surface area (TPSA) is 79.3 Å². The lowest BCUT2D eigenvalue weighted by molar-refractivity contribution is -0.143. The molecule has 6 heteroatoms. The van der Waals surface area contributed by atoms with Crippen molar-refractivity contribution >= 4 is 23.2 Å². The first-order valence-corrected chi connectivity index (χ1v) is 7.21. The standard InChI is InChI=1S/C15H16N2O3S/c1-9-11(12(18)17-15(2,3)14(19)20)21-13(16-9)10-7-5-4-6-8-10/h4-8H,1-3H3,(H,17,18)(H,19,20). The number of rotatable bonds is 4. The molecule has 1 heterocycles. The van der Waals surface area contributed by atoms with Crippen molar-refractivity contribution in [1.29, 1.82) is 0 Å². The minimum Gasteiger partial charge on any atom is -0.480 e. The zero-order valence-electron chi connectivity index (χ0n) is 12.0. The summed E-state index contributed by atoms with van der Waals surface area (Å²) in [6.45, 7) is 4.63. The fourth-order valence-electron chi connectivity index (χ4n) is 1.71. The highest BCUT2D eigenvalue weighted by Gasteiger charge is 2.30.